The summed E-state index contributed by atoms with van der Waals surface area (Å²) in [5.74, 6) is -4.34. The Bertz CT molecular complexity index is 482. The van der Waals surface area contributed by atoms with Crippen LogP contribution in [0.1, 0.15) is 10.4 Å². The Morgan fingerprint density at radius 3 is 1.70 bits per heavy atom. The number of carboxylic acids is 2. The van der Waals surface area contributed by atoms with Gasteiger partial charge in [0.25, 0.3) is 0 Å². The summed E-state index contributed by atoms with van der Waals surface area (Å²) in [5, 5.41) is 44.8. The van der Waals surface area contributed by atoms with E-state index in [9.17, 15) is 14.7 Å². The van der Waals surface area contributed by atoms with Crippen molar-refractivity contribution in [3.8, 4) is 17.2 Å². The average Bonchev–Trinajstić information content (AvgIpc) is 2.22. The highest BCUT2D eigenvalue weighted by atomic mass is 16.4. The molecule has 8 nitrogen and oxygen atoms in total. The van der Waals surface area contributed by atoms with Gasteiger partial charge in [0.1, 0.15) is 6.54 Å². The van der Waals surface area contributed by atoms with Gasteiger partial charge >= 0.3 is 5.97 Å². The van der Waals surface area contributed by atoms with Crippen LogP contribution in [0, 0.1) is 0 Å². The van der Waals surface area contributed by atoms with E-state index in [1.807, 2.05) is 0 Å². The molecule has 4 N–H and O–H groups in total. The molecule has 0 aliphatic heterocycles. The van der Waals surface area contributed by atoms with Crippen LogP contribution in [0.25, 0.3) is 0 Å². The molecule has 0 unspecified atom stereocenters. The number of benzene rings is 1. The van der Waals surface area contributed by atoms with Crippen LogP contribution in [0.3, 0.4) is 0 Å². The SMILES string of the molecule is C[N+](C)(C)CC(=O)[O-].O=C(O)c1cc(O)c(O)c(O)c1. The van der Waals surface area contributed by atoms with Gasteiger partial charge < -0.3 is 34.8 Å². The van der Waals surface area contributed by atoms with Gasteiger partial charge in [-0.2, -0.15) is 0 Å². The summed E-state index contributed by atoms with van der Waals surface area (Å²) >= 11 is 0. The molecule has 0 saturated heterocycles. The molecule has 0 bridgehead atoms. The molecular weight excluding hydrogens is 270 g/mol. The number of aromatic carboxylic acids is 1. The molecule has 0 atom stereocenters. The number of aliphatic carboxylic acids is 1. The summed E-state index contributed by atoms with van der Waals surface area (Å²) in [6.45, 7) is 0.0694. The van der Waals surface area contributed by atoms with Crippen molar-refractivity contribution in [1.82, 2.24) is 0 Å². The number of phenolic OH excluding ortho intramolecular Hbond substituents is 3. The number of quaternary nitrogens is 1. The van der Waals surface area contributed by atoms with Crippen LogP contribution in [0.15, 0.2) is 12.1 Å². The Morgan fingerprint density at radius 1 is 1.10 bits per heavy atom. The Labute approximate surface area is 115 Å². The third kappa shape index (κ3) is 6.45. The summed E-state index contributed by atoms with van der Waals surface area (Å²) in [4.78, 5) is 20.2. The van der Waals surface area contributed by atoms with Gasteiger partial charge in [-0.1, -0.05) is 0 Å². The van der Waals surface area contributed by atoms with E-state index >= 15 is 0 Å². The lowest BCUT2D eigenvalue weighted by Crippen LogP contribution is -2.45. The van der Waals surface area contributed by atoms with Crippen LogP contribution in [0.4, 0.5) is 0 Å². The fourth-order valence-electron chi connectivity index (χ4n) is 1.11. The first-order chi connectivity index (χ1) is 8.94. The Kier molecular flexibility index (Phi) is 5.80. The zero-order valence-electron chi connectivity index (χ0n) is 11.3. The maximum absolute atomic E-state index is 10.3. The van der Waals surface area contributed by atoms with Crippen molar-refractivity contribution in [2.75, 3.05) is 27.7 Å². The number of carbonyl (C=O) groups excluding carboxylic acids is 1. The summed E-state index contributed by atoms with van der Waals surface area (Å²) in [6.07, 6.45) is 0. The smallest absolute Gasteiger partial charge is 0.335 e. The number of hydrogen-bond donors (Lipinski definition) is 4. The average molecular weight is 287 g/mol. The van der Waals surface area contributed by atoms with Crippen molar-refractivity contribution in [1.29, 1.82) is 0 Å². The number of phenols is 3. The molecular formula is C12H17NO7. The molecule has 0 aliphatic carbocycles. The number of nitrogens with zero attached hydrogens (tertiary/aromatic N) is 1. The molecule has 8 heteroatoms. The molecule has 1 rings (SSSR count). The second-order valence-corrected chi connectivity index (χ2v) is 4.99. The third-order valence-electron chi connectivity index (χ3n) is 1.92. The van der Waals surface area contributed by atoms with Crippen molar-refractivity contribution in [3.05, 3.63) is 17.7 Å². The fraction of sp³-hybridized carbons (Fsp3) is 0.333. The van der Waals surface area contributed by atoms with Gasteiger partial charge in [-0.05, 0) is 12.1 Å². The maximum Gasteiger partial charge on any atom is 0.335 e. The second-order valence-electron chi connectivity index (χ2n) is 4.99. The number of likely N-dealkylation sites (N-methyl/N-ethyl adjacent to an activating group) is 1. The molecule has 1 aromatic rings. The molecule has 20 heavy (non-hydrogen) atoms. The number of hydrogen-bond acceptors (Lipinski definition) is 6. The quantitative estimate of drug-likeness (QED) is 0.410. The van der Waals surface area contributed by atoms with E-state index in [2.05, 4.69) is 0 Å². The predicted octanol–water partition coefficient (Wildman–Crippen LogP) is -1.06. The van der Waals surface area contributed by atoms with E-state index < -0.39 is 29.2 Å². The van der Waals surface area contributed by atoms with Crippen LogP contribution < -0.4 is 5.11 Å². The topological polar surface area (TPSA) is 138 Å². The lowest BCUT2D eigenvalue weighted by atomic mass is 10.2. The van der Waals surface area contributed by atoms with Gasteiger partial charge in [0.2, 0.25) is 0 Å². The Hall–Kier alpha value is -2.48. The molecule has 0 saturated carbocycles. The van der Waals surface area contributed by atoms with Crippen LogP contribution in [0.2, 0.25) is 0 Å². The van der Waals surface area contributed by atoms with Gasteiger partial charge in [0.05, 0.1) is 32.7 Å². The molecule has 0 spiro atoms. The zero-order valence-corrected chi connectivity index (χ0v) is 11.3. The van der Waals surface area contributed by atoms with Crippen molar-refractivity contribution >= 4 is 11.9 Å². The number of carboxylic acid groups (broad SMARTS) is 2. The van der Waals surface area contributed by atoms with E-state index in [0.29, 0.717) is 4.48 Å². The van der Waals surface area contributed by atoms with E-state index in [0.717, 1.165) is 12.1 Å². The monoisotopic (exact) mass is 287 g/mol. The molecule has 0 fully saturated rings. The molecule has 0 aliphatic rings. The highest BCUT2D eigenvalue weighted by Gasteiger charge is 2.11. The van der Waals surface area contributed by atoms with Crippen molar-refractivity contribution < 1.29 is 39.6 Å². The molecule has 1 aromatic carbocycles. The zero-order chi connectivity index (χ0) is 16.1. The minimum Gasteiger partial charge on any atom is -0.544 e. The standard InChI is InChI=1S/C7H6O5.C5H11NO2/c8-4-1-3(7(11)12)2-5(9)6(4)10;1-6(2,3)4-5(7)8/h1-2,8-10H,(H,11,12);4H2,1-3H3. The van der Waals surface area contributed by atoms with Crippen molar-refractivity contribution in [3.63, 3.8) is 0 Å². The van der Waals surface area contributed by atoms with Crippen LogP contribution in [-0.2, 0) is 4.79 Å². The van der Waals surface area contributed by atoms with E-state index in [1.165, 1.54) is 0 Å². The van der Waals surface area contributed by atoms with Crippen molar-refractivity contribution in [2.45, 2.75) is 0 Å². The van der Waals surface area contributed by atoms with Crippen molar-refractivity contribution in [2.24, 2.45) is 0 Å². The lowest BCUT2D eigenvalue weighted by Gasteiger charge is -2.23. The van der Waals surface area contributed by atoms with E-state index in [-0.39, 0.29) is 12.1 Å². The van der Waals surface area contributed by atoms with E-state index in [1.54, 1.807) is 21.1 Å². The normalized spacial score (nSPS) is 10.3. The maximum atomic E-state index is 10.3. The van der Waals surface area contributed by atoms with Gasteiger partial charge in [-0.3, -0.25) is 0 Å². The lowest BCUT2D eigenvalue weighted by molar-refractivity contribution is -0.864. The van der Waals surface area contributed by atoms with Gasteiger partial charge in [-0.25, -0.2) is 4.79 Å². The first-order valence-corrected chi connectivity index (χ1v) is 5.42. The summed E-state index contributed by atoms with van der Waals surface area (Å²) in [6, 6.07) is 1.69. The molecule has 0 amide bonds. The fourth-order valence-corrected chi connectivity index (χ4v) is 1.11. The summed E-state index contributed by atoms with van der Waals surface area (Å²) in [5.41, 5.74) is -0.289. The molecule has 112 valence electrons. The third-order valence-corrected chi connectivity index (χ3v) is 1.92. The Morgan fingerprint density at radius 2 is 1.50 bits per heavy atom. The summed E-state index contributed by atoms with van der Waals surface area (Å²) < 4.78 is 0.419. The highest BCUT2D eigenvalue weighted by Crippen LogP contribution is 2.35. The number of rotatable bonds is 3. The number of carbonyl (C=O) groups is 2. The molecule has 0 aromatic heterocycles. The van der Waals surface area contributed by atoms with Gasteiger partial charge in [0, 0.05) is 0 Å². The second kappa shape index (κ2) is 6.62. The van der Waals surface area contributed by atoms with Crippen LogP contribution in [0.5, 0.6) is 17.2 Å². The minimum atomic E-state index is -1.29. The van der Waals surface area contributed by atoms with Gasteiger partial charge in [0.15, 0.2) is 17.2 Å². The minimum absolute atomic E-state index is 0.0694. The van der Waals surface area contributed by atoms with Crippen LogP contribution in [-0.4, -0.2) is 64.5 Å². The summed E-state index contributed by atoms with van der Waals surface area (Å²) in [7, 11) is 5.40. The predicted molar refractivity (Wildman–Crippen MR) is 66.3 cm³/mol. The van der Waals surface area contributed by atoms with Crippen LogP contribution >= 0.6 is 0 Å². The van der Waals surface area contributed by atoms with Gasteiger partial charge in [-0.15, -0.1) is 0 Å². The van der Waals surface area contributed by atoms with E-state index in [4.69, 9.17) is 20.4 Å². The first kappa shape index (κ1) is 17.5. The Balaban J connectivity index is 0.000000396. The number of aromatic hydroxyl groups is 3. The molecule has 0 heterocycles. The first-order valence-electron chi connectivity index (χ1n) is 5.42. The largest absolute Gasteiger partial charge is 0.544 e. The highest BCUT2D eigenvalue weighted by molar-refractivity contribution is 5.89. The molecule has 0 radical (unpaired) electrons.